The van der Waals surface area contributed by atoms with Crippen molar-refractivity contribution in [1.29, 1.82) is 0 Å². The molecule has 0 aliphatic heterocycles. The molecule has 0 amide bonds. The molecule has 0 saturated heterocycles. The van der Waals surface area contributed by atoms with Gasteiger partial charge in [0.15, 0.2) is 0 Å². The van der Waals surface area contributed by atoms with Crippen molar-refractivity contribution in [3.63, 3.8) is 0 Å². The highest BCUT2D eigenvalue weighted by Gasteiger charge is 2.07. The minimum absolute atomic E-state index is 0.0194. The molecule has 0 aliphatic carbocycles. The van der Waals surface area contributed by atoms with E-state index >= 15 is 0 Å². The summed E-state index contributed by atoms with van der Waals surface area (Å²) in [5.74, 6) is -0.323. The molecule has 4 heteroatoms. The quantitative estimate of drug-likeness (QED) is 0.576. The summed E-state index contributed by atoms with van der Waals surface area (Å²) < 4.78 is 5.00. The zero-order chi connectivity index (χ0) is 12.0. The molecule has 0 bridgehead atoms. The third-order valence-electron chi connectivity index (χ3n) is 2.14. The van der Waals surface area contributed by atoms with E-state index in [1.807, 2.05) is 13.0 Å². The summed E-state index contributed by atoms with van der Waals surface area (Å²) in [6, 6.07) is 7.14. The van der Waals surface area contributed by atoms with Crippen LogP contribution in [0.4, 0.5) is 5.69 Å². The Morgan fingerprint density at radius 1 is 1.56 bits per heavy atom. The number of hydrogen-bond acceptors (Lipinski definition) is 4. The largest absolute Gasteiger partial charge is 0.465 e. The molecule has 0 aromatic heterocycles. The number of aliphatic hydroxyl groups excluding tert-OH is 1. The first kappa shape index (κ1) is 12.5. The van der Waals surface area contributed by atoms with E-state index in [1.54, 1.807) is 18.2 Å². The van der Waals surface area contributed by atoms with E-state index in [9.17, 15) is 4.79 Å². The lowest BCUT2D eigenvalue weighted by Crippen LogP contribution is -2.16. The van der Waals surface area contributed by atoms with Crippen molar-refractivity contribution >= 4 is 11.7 Å². The zero-order valence-electron chi connectivity index (χ0n) is 9.35. The number of carbonyl (C=O) groups is 1. The molecule has 1 atom stereocenters. The van der Waals surface area contributed by atoms with Crippen LogP contribution in [0, 0.1) is 5.92 Å². The highest BCUT2D eigenvalue weighted by atomic mass is 16.5. The maximum absolute atomic E-state index is 11.4. The molecule has 0 fully saturated rings. The number of carbonyl (C=O) groups excluding carboxylic acids is 1. The van der Waals surface area contributed by atoms with Gasteiger partial charge in [-0.15, -0.1) is 0 Å². The Labute approximate surface area is 95.0 Å². The lowest BCUT2D eigenvalue weighted by atomic mass is 10.1. The van der Waals surface area contributed by atoms with Gasteiger partial charge in [0.1, 0.15) is 0 Å². The average molecular weight is 223 g/mol. The van der Waals surface area contributed by atoms with Crippen molar-refractivity contribution in [3.05, 3.63) is 29.8 Å². The van der Waals surface area contributed by atoms with E-state index in [1.165, 1.54) is 0 Å². The number of aliphatic hydroxyl groups is 1. The summed E-state index contributed by atoms with van der Waals surface area (Å²) in [6.45, 7) is 2.08. The smallest absolute Gasteiger partial charge is 0.310 e. The van der Waals surface area contributed by atoms with Gasteiger partial charge >= 0.3 is 5.97 Å². The van der Waals surface area contributed by atoms with E-state index in [0.29, 0.717) is 5.69 Å². The van der Waals surface area contributed by atoms with Crippen molar-refractivity contribution in [2.24, 2.45) is 5.92 Å². The molecule has 3 N–H and O–H groups in total. The molecule has 4 nitrogen and oxygen atoms in total. The van der Waals surface area contributed by atoms with Crippen molar-refractivity contribution < 1.29 is 14.6 Å². The van der Waals surface area contributed by atoms with Crippen LogP contribution in [-0.2, 0) is 16.0 Å². The van der Waals surface area contributed by atoms with Crippen LogP contribution in [0.2, 0.25) is 0 Å². The second kappa shape index (κ2) is 6.12. The second-order valence-corrected chi connectivity index (χ2v) is 3.89. The van der Waals surface area contributed by atoms with Gasteiger partial charge in [-0.2, -0.15) is 0 Å². The van der Waals surface area contributed by atoms with Crippen LogP contribution in [0.3, 0.4) is 0 Å². The summed E-state index contributed by atoms with van der Waals surface area (Å²) in [7, 11) is 0. The number of benzene rings is 1. The molecule has 0 heterocycles. The normalized spacial score (nSPS) is 12.1. The van der Waals surface area contributed by atoms with Crippen LogP contribution in [-0.4, -0.2) is 24.3 Å². The van der Waals surface area contributed by atoms with Gasteiger partial charge in [0.2, 0.25) is 0 Å². The van der Waals surface area contributed by atoms with Gasteiger partial charge in [-0.3, -0.25) is 4.79 Å². The Balaban J connectivity index is 2.40. The van der Waals surface area contributed by atoms with Gasteiger partial charge in [0.05, 0.1) is 13.0 Å². The molecule has 0 radical (unpaired) electrons. The number of ether oxygens (including phenoxy) is 1. The molecule has 16 heavy (non-hydrogen) atoms. The first-order valence-corrected chi connectivity index (χ1v) is 5.22. The molecule has 0 aliphatic rings. The molecule has 88 valence electrons. The van der Waals surface area contributed by atoms with Crippen molar-refractivity contribution in [2.45, 2.75) is 13.3 Å². The molecule has 0 spiro atoms. The SMILES string of the molecule is CC(CO)COC(=O)Cc1cccc(N)c1. The van der Waals surface area contributed by atoms with Gasteiger partial charge in [0.25, 0.3) is 0 Å². The van der Waals surface area contributed by atoms with E-state index in [2.05, 4.69) is 0 Å². The maximum atomic E-state index is 11.4. The monoisotopic (exact) mass is 223 g/mol. The van der Waals surface area contributed by atoms with E-state index in [0.717, 1.165) is 5.56 Å². The molecule has 0 saturated carbocycles. The fourth-order valence-corrected chi connectivity index (χ4v) is 1.21. The summed E-state index contributed by atoms with van der Waals surface area (Å²) in [4.78, 5) is 11.4. The van der Waals surface area contributed by atoms with Crippen molar-refractivity contribution in [3.8, 4) is 0 Å². The lowest BCUT2D eigenvalue weighted by molar-refractivity contribution is -0.144. The summed E-state index contributed by atoms with van der Waals surface area (Å²) in [6.07, 6.45) is 0.211. The minimum atomic E-state index is -0.300. The highest BCUT2D eigenvalue weighted by Crippen LogP contribution is 2.08. The topological polar surface area (TPSA) is 72.5 Å². The molecule has 1 unspecified atom stereocenters. The van der Waals surface area contributed by atoms with Gasteiger partial charge in [-0.1, -0.05) is 19.1 Å². The number of hydrogen-bond donors (Lipinski definition) is 2. The minimum Gasteiger partial charge on any atom is -0.465 e. The predicted molar refractivity (Wildman–Crippen MR) is 61.8 cm³/mol. The first-order valence-electron chi connectivity index (χ1n) is 5.22. The fraction of sp³-hybridized carbons (Fsp3) is 0.417. The average Bonchev–Trinajstić information content (AvgIpc) is 2.26. The Hall–Kier alpha value is -1.55. The van der Waals surface area contributed by atoms with Crippen LogP contribution >= 0.6 is 0 Å². The Kier molecular flexibility index (Phi) is 4.79. The summed E-state index contributed by atoms with van der Waals surface area (Å²) in [5, 5.41) is 8.77. The summed E-state index contributed by atoms with van der Waals surface area (Å²) >= 11 is 0. The molecule has 1 aromatic rings. The Morgan fingerprint density at radius 3 is 2.94 bits per heavy atom. The molecule has 1 rings (SSSR count). The van der Waals surface area contributed by atoms with Crippen molar-refractivity contribution in [2.75, 3.05) is 18.9 Å². The second-order valence-electron chi connectivity index (χ2n) is 3.89. The van der Waals surface area contributed by atoms with E-state index in [-0.39, 0.29) is 31.5 Å². The number of nitrogen functional groups attached to an aromatic ring is 1. The standard InChI is InChI=1S/C12H17NO3/c1-9(7-14)8-16-12(15)6-10-3-2-4-11(13)5-10/h2-5,9,14H,6-8,13H2,1H3. The highest BCUT2D eigenvalue weighted by molar-refractivity contribution is 5.73. The van der Waals surface area contributed by atoms with Crippen LogP contribution in [0.5, 0.6) is 0 Å². The number of rotatable bonds is 5. The van der Waals surface area contributed by atoms with Gasteiger partial charge in [0, 0.05) is 18.2 Å². The van der Waals surface area contributed by atoms with Crippen LogP contribution in [0.1, 0.15) is 12.5 Å². The van der Waals surface area contributed by atoms with Gasteiger partial charge in [-0.05, 0) is 17.7 Å². The maximum Gasteiger partial charge on any atom is 0.310 e. The molecular weight excluding hydrogens is 206 g/mol. The van der Waals surface area contributed by atoms with Gasteiger partial charge in [-0.25, -0.2) is 0 Å². The van der Waals surface area contributed by atoms with E-state index in [4.69, 9.17) is 15.6 Å². The third kappa shape index (κ3) is 4.31. The number of nitrogens with two attached hydrogens (primary N) is 1. The van der Waals surface area contributed by atoms with Gasteiger partial charge < -0.3 is 15.6 Å². The predicted octanol–water partition coefficient (Wildman–Crippen LogP) is 0.983. The number of esters is 1. The first-order chi connectivity index (χ1) is 7.61. The number of anilines is 1. The lowest BCUT2D eigenvalue weighted by Gasteiger charge is -2.09. The van der Waals surface area contributed by atoms with Crippen molar-refractivity contribution in [1.82, 2.24) is 0 Å². The van der Waals surface area contributed by atoms with Crippen LogP contribution in [0.25, 0.3) is 0 Å². The molecular formula is C12H17NO3. The summed E-state index contributed by atoms with van der Waals surface area (Å²) in [5.41, 5.74) is 7.06. The van der Waals surface area contributed by atoms with Crippen LogP contribution in [0.15, 0.2) is 24.3 Å². The van der Waals surface area contributed by atoms with E-state index < -0.39 is 0 Å². The third-order valence-corrected chi connectivity index (χ3v) is 2.14. The van der Waals surface area contributed by atoms with Crippen LogP contribution < -0.4 is 5.73 Å². The zero-order valence-corrected chi connectivity index (χ0v) is 9.35. The Morgan fingerprint density at radius 2 is 2.31 bits per heavy atom. The molecule has 1 aromatic carbocycles. The fourth-order valence-electron chi connectivity index (χ4n) is 1.21. The Bertz CT molecular complexity index is 352.